The molecule has 0 saturated heterocycles. The number of thiophene rings is 1. The average Bonchev–Trinajstić information content (AvgIpc) is 2.91. The lowest BCUT2D eigenvalue weighted by molar-refractivity contribution is 0.0644. The van der Waals surface area contributed by atoms with E-state index < -0.39 is 12.1 Å². The summed E-state index contributed by atoms with van der Waals surface area (Å²) in [4.78, 5) is 36.0. The van der Waals surface area contributed by atoms with Crippen molar-refractivity contribution in [1.29, 1.82) is 0 Å². The highest BCUT2D eigenvalue weighted by Crippen LogP contribution is 2.39. The predicted octanol–water partition coefficient (Wildman–Crippen LogP) is 1.61. The molecule has 24 heavy (non-hydrogen) atoms. The molecule has 5 N–H and O–H groups in total. The molecule has 9 nitrogen and oxygen atoms in total. The molecule has 0 aliphatic heterocycles. The van der Waals surface area contributed by atoms with E-state index in [4.69, 9.17) is 11.5 Å². The molecule has 0 aliphatic carbocycles. The number of nitrogens with two attached hydrogens (primary N) is 2. The van der Waals surface area contributed by atoms with E-state index in [9.17, 15) is 9.59 Å². The number of amides is 1. The number of hydrogen-bond acceptors (Lipinski definition) is 9. The van der Waals surface area contributed by atoms with E-state index in [0.29, 0.717) is 27.4 Å². The third-order valence-corrected chi connectivity index (χ3v) is 4.21. The molecule has 3 rings (SSSR count). The first-order valence-electron chi connectivity index (χ1n) is 6.71. The highest BCUT2D eigenvalue weighted by molar-refractivity contribution is 7.21. The second-order valence-electron chi connectivity index (χ2n) is 4.62. The summed E-state index contributed by atoms with van der Waals surface area (Å²) in [6.45, 7) is 0. The van der Waals surface area contributed by atoms with Crippen molar-refractivity contribution in [2.45, 2.75) is 0 Å². The maximum absolute atomic E-state index is 12.0. The summed E-state index contributed by atoms with van der Waals surface area (Å²) >= 11 is 0.994. The summed E-state index contributed by atoms with van der Waals surface area (Å²) in [5.41, 5.74) is 12.3. The van der Waals surface area contributed by atoms with E-state index in [1.54, 1.807) is 25.5 Å². The fourth-order valence-electron chi connectivity index (χ4n) is 2.13. The Kier molecular flexibility index (Phi) is 3.96. The van der Waals surface area contributed by atoms with E-state index in [-0.39, 0.29) is 10.6 Å². The fourth-order valence-corrected chi connectivity index (χ4v) is 3.11. The number of rotatable bonds is 3. The number of primary amides is 1. The number of carbonyl (C=O) groups excluding carboxylic acids is 2. The lowest BCUT2D eigenvalue weighted by Gasteiger charge is -2.06. The zero-order valence-electron chi connectivity index (χ0n) is 12.4. The molecule has 1 amide bonds. The Morgan fingerprint density at radius 1 is 1.33 bits per heavy atom. The number of esters is 1. The lowest BCUT2D eigenvalue weighted by atomic mass is 10.1. The summed E-state index contributed by atoms with van der Waals surface area (Å²) in [6, 6.07) is 3.57. The van der Waals surface area contributed by atoms with Crippen molar-refractivity contribution in [3.05, 3.63) is 29.4 Å². The quantitative estimate of drug-likeness (QED) is 0.480. The van der Waals surface area contributed by atoms with Crippen LogP contribution in [0.25, 0.3) is 21.5 Å². The van der Waals surface area contributed by atoms with Gasteiger partial charge in [-0.1, -0.05) is 0 Å². The average molecular weight is 344 g/mol. The van der Waals surface area contributed by atoms with Crippen LogP contribution in [-0.4, -0.2) is 34.1 Å². The van der Waals surface area contributed by atoms with Crippen LogP contribution >= 0.6 is 11.3 Å². The largest absolute Gasteiger partial charge is 0.412 e. The number of fused-ring (bicyclic) bond motifs is 1. The topological polar surface area (TPSA) is 146 Å². The summed E-state index contributed by atoms with van der Waals surface area (Å²) in [6.07, 6.45) is 2.05. The Balaban J connectivity index is 2.26. The SMILES string of the molecule is CNc1nc(-c2cccnc2)c2c(N)c(C(=O)OC(N)=O)sc2n1. The molecule has 0 aromatic carbocycles. The highest BCUT2D eigenvalue weighted by Gasteiger charge is 2.24. The summed E-state index contributed by atoms with van der Waals surface area (Å²) < 4.78 is 4.40. The molecule has 0 unspecified atom stereocenters. The number of nitrogens with one attached hydrogen (secondary N) is 1. The summed E-state index contributed by atoms with van der Waals surface area (Å²) in [5, 5.41) is 3.34. The zero-order valence-corrected chi connectivity index (χ0v) is 13.3. The zero-order chi connectivity index (χ0) is 17.3. The minimum absolute atomic E-state index is 0.0384. The molecule has 0 radical (unpaired) electrons. The fraction of sp³-hybridized carbons (Fsp3) is 0.0714. The van der Waals surface area contributed by atoms with Gasteiger partial charge >= 0.3 is 12.1 Å². The third-order valence-electron chi connectivity index (χ3n) is 3.13. The Morgan fingerprint density at radius 2 is 2.12 bits per heavy atom. The number of carbonyl (C=O) groups is 2. The molecule has 10 heteroatoms. The number of ether oxygens (including phenoxy) is 1. The van der Waals surface area contributed by atoms with Gasteiger partial charge in [0.1, 0.15) is 9.71 Å². The molecule has 3 heterocycles. The van der Waals surface area contributed by atoms with Gasteiger partial charge in [0, 0.05) is 25.0 Å². The molecular weight excluding hydrogens is 332 g/mol. The third kappa shape index (κ3) is 2.70. The predicted molar refractivity (Wildman–Crippen MR) is 89.6 cm³/mol. The van der Waals surface area contributed by atoms with Gasteiger partial charge in [-0.3, -0.25) is 4.98 Å². The van der Waals surface area contributed by atoms with Crippen molar-refractivity contribution in [3.8, 4) is 11.3 Å². The maximum Gasteiger partial charge on any atom is 0.412 e. The molecule has 0 aliphatic rings. The number of hydrogen-bond donors (Lipinski definition) is 3. The van der Waals surface area contributed by atoms with Crippen LogP contribution in [0, 0.1) is 0 Å². The molecular formula is C14H12N6O3S. The van der Waals surface area contributed by atoms with Gasteiger partial charge in [0.05, 0.1) is 16.8 Å². The van der Waals surface area contributed by atoms with Crippen LogP contribution in [0.15, 0.2) is 24.5 Å². The van der Waals surface area contributed by atoms with Crippen molar-refractivity contribution in [1.82, 2.24) is 15.0 Å². The van der Waals surface area contributed by atoms with Crippen LogP contribution in [0.1, 0.15) is 9.67 Å². The Labute approximate surface area is 139 Å². The number of nitrogen functional groups attached to an aromatic ring is 1. The number of aromatic nitrogens is 3. The maximum atomic E-state index is 12.0. The molecule has 0 spiro atoms. The second kappa shape index (κ2) is 6.08. The van der Waals surface area contributed by atoms with Crippen molar-refractivity contribution in [2.75, 3.05) is 18.1 Å². The Bertz CT molecular complexity index is 941. The van der Waals surface area contributed by atoms with E-state index >= 15 is 0 Å². The molecule has 0 fully saturated rings. The Morgan fingerprint density at radius 3 is 2.75 bits per heavy atom. The van der Waals surface area contributed by atoms with Crippen molar-refractivity contribution in [3.63, 3.8) is 0 Å². The van der Waals surface area contributed by atoms with Gasteiger partial charge < -0.3 is 21.5 Å². The van der Waals surface area contributed by atoms with E-state index in [0.717, 1.165) is 11.3 Å². The summed E-state index contributed by atoms with van der Waals surface area (Å²) in [7, 11) is 1.67. The van der Waals surface area contributed by atoms with Crippen LogP contribution in [0.5, 0.6) is 0 Å². The van der Waals surface area contributed by atoms with Gasteiger partial charge in [0.2, 0.25) is 5.95 Å². The molecule has 0 bridgehead atoms. The molecule has 3 aromatic heterocycles. The van der Waals surface area contributed by atoms with Crippen LogP contribution in [0.2, 0.25) is 0 Å². The Hall–Kier alpha value is -3.27. The van der Waals surface area contributed by atoms with Crippen LogP contribution in [-0.2, 0) is 4.74 Å². The van der Waals surface area contributed by atoms with Gasteiger partial charge in [-0.25, -0.2) is 19.6 Å². The van der Waals surface area contributed by atoms with E-state index in [1.807, 2.05) is 6.07 Å². The standard InChI is InChI=1S/C14H12N6O3S/c1-17-14-19-9(6-3-2-4-18-5-6)7-8(15)10(24-11(7)20-14)12(21)23-13(16)22/h2-5H,15H2,1H3,(H2,16,22)(H,17,19,20). The van der Waals surface area contributed by atoms with Gasteiger partial charge in [-0.2, -0.15) is 0 Å². The smallest absolute Gasteiger partial charge is 0.397 e. The van der Waals surface area contributed by atoms with Crippen molar-refractivity contribution >= 4 is 45.3 Å². The number of anilines is 2. The monoisotopic (exact) mass is 344 g/mol. The van der Waals surface area contributed by atoms with Gasteiger partial charge in [-0.15, -0.1) is 11.3 Å². The van der Waals surface area contributed by atoms with Gasteiger partial charge in [0.15, 0.2) is 0 Å². The second-order valence-corrected chi connectivity index (χ2v) is 5.62. The van der Waals surface area contributed by atoms with Crippen LogP contribution < -0.4 is 16.8 Å². The lowest BCUT2D eigenvalue weighted by Crippen LogP contribution is -2.18. The van der Waals surface area contributed by atoms with Crippen molar-refractivity contribution < 1.29 is 14.3 Å². The molecule has 3 aromatic rings. The number of nitrogens with zero attached hydrogens (tertiary/aromatic N) is 3. The van der Waals surface area contributed by atoms with E-state index in [1.165, 1.54) is 0 Å². The number of pyridine rings is 1. The first kappa shape index (κ1) is 15.6. The molecule has 122 valence electrons. The van der Waals surface area contributed by atoms with Gasteiger partial charge in [-0.05, 0) is 12.1 Å². The first-order valence-corrected chi connectivity index (χ1v) is 7.52. The molecule has 0 atom stereocenters. The minimum atomic E-state index is -1.20. The minimum Gasteiger partial charge on any atom is -0.397 e. The normalized spacial score (nSPS) is 10.5. The van der Waals surface area contributed by atoms with E-state index in [2.05, 4.69) is 25.0 Å². The first-order chi connectivity index (χ1) is 11.5. The van der Waals surface area contributed by atoms with Gasteiger partial charge in [0.25, 0.3) is 0 Å². The highest BCUT2D eigenvalue weighted by atomic mass is 32.1. The van der Waals surface area contributed by atoms with Crippen molar-refractivity contribution in [2.24, 2.45) is 5.73 Å². The van der Waals surface area contributed by atoms with Crippen LogP contribution in [0.4, 0.5) is 16.4 Å². The summed E-state index contributed by atoms with van der Waals surface area (Å²) in [5.74, 6) is -0.566. The van der Waals surface area contributed by atoms with Crippen LogP contribution in [0.3, 0.4) is 0 Å². The molecule has 0 saturated carbocycles.